The van der Waals surface area contributed by atoms with Crippen LogP contribution in [0.25, 0.3) is 0 Å². The van der Waals surface area contributed by atoms with Gasteiger partial charge in [-0.25, -0.2) is 0 Å². The maximum atomic E-state index is 6.02. The number of hydrogen-bond donors (Lipinski definition) is 1. The van der Waals surface area contributed by atoms with E-state index in [1.807, 2.05) is 0 Å². The molecule has 0 spiro atoms. The van der Waals surface area contributed by atoms with Crippen LogP contribution in [0.1, 0.15) is 24.5 Å². The van der Waals surface area contributed by atoms with Gasteiger partial charge < -0.3 is 10.6 Å². The van der Waals surface area contributed by atoms with Crippen LogP contribution >= 0.6 is 11.8 Å². The summed E-state index contributed by atoms with van der Waals surface area (Å²) >= 11 is 2.06. The van der Waals surface area contributed by atoms with Crippen LogP contribution in [0, 0.1) is 6.92 Å². The van der Waals surface area contributed by atoms with Gasteiger partial charge in [-0.1, -0.05) is 19.1 Å². The van der Waals surface area contributed by atoms with Gasteiger partial charge in [-0.3, -0.25) is 0 Å². The molecule has 0 aromatic heterocycles. The van der Waals surface area contributed by atoms with E-state index in [2.05, 4.69) is 48.7 Å². The summed E-state index contributed by atoms with van der Waals surface area (Å²) in [4.78, 5) is 2.51. The molecule has 0 saturated carbocycles. The van der Waals surface area contributed by atoms with E-state index in [9.17, 15) is 0 Å². The van der Waals surface area contributed by atoms with Crippen LogP contribution < -0.4 is 10.6 Å². The SMILES string of the molecule is CCC(N)Cc1ccc(N2CCSCC2)c(C)c1. The lowest BCUT2D eigenvalue weighted by Crippen LogP contribution is -2.33. The number of thioether (sulfide) groups is 1. The summed E-state index contributed by atoms with van der Waals surface area (Å²) in [7, 11) is 0. The highest BCUT2D eigenvalue weighted by molar-refractivity contribution is 7.99. The smallest absolute Gasteiger partial charge is 0.0396 e. The van der Waals surface area contributed by atoms with E-state index in [0.29, 0.717) is 6.04 Å². The van der Waals surface area contributed by atoms with E-state index < -0.39 is 0 Å². The number of nitrogens with zero attached hydrogens (tertiary/aromatic N) is 1. The van der Waals surface area contributed by atoms with Crippen LogP contribution in [0.15, 0.2) is 18.2 Å². The zero-order valence-corrected chi connectivity index (χ0v) is 12.3. The largest absolute Gasteiger partial charge is 0.370 e. The van der Waals surface area contributed by atoms with E-state index in [1.165, 1.54) is 41.4 Å². The number of hydrogen-bond acceptors (Lipinski definition) is 3. The minimum Gasteiger partial charge on any atom is -0.370 e. The Morgan fingerprint density at radius 1 is 1.33 bits per heavy atom. The zero-order chi connectivity index (χ0) is 13.0. The first-order valence-corrected chi connectivity index (χ1v) is 8.04. The van der Waals surface area contributed by atoms with Crippen molar-refractivity contribution < 1.29 is 0 Å². The van der Waals surface area contributed by atoms with Gasteiger partial charge in [0.1, 0.15) is 0 Å². The van der Waals surface area contributed by atoms with Crippen LogP contribution in [-0.4, -0.2) is 30.6 Å². The molecule has 3 heteroatoms. The van der Waals surface area contributed by atoms with Gasteiger partial charge in [-0.15, -0.1) is 0 Å². The third kappa shape index (κ3) is 3.42. The molecule has 1 unspecified atom stereocenters. The third-order valence-corrected chi connectivity index (χ3v) is 4.58. The Hall–Kier alpha value is -0.670. The van der Waals surface area contributed by atoms with Gasteiger partial charge in [0, 0.05) is 36.3 Å². The molecule has 1 aromatic rings. The van der Waals surface area contributed by atoms with E-state index in [1.54, 1.807) is 0 Å². The molecule has 0 bridgehead atoms. The van der Waals surface area contributed by atoms with Gasteiger partial charge in [-0.05, 0) is 37.0 Å². The number of aryl methyl sites for hydroxylation is 1. The highest BCUT2D eigenvalue weighted by atomic mass is 32.2. The molecule has 18 heavy (non-hydrogen) atoms. The first kappa shape index (κ1) is 13.8. The highest BCUT2D eigenvalue weighted by Gasteiger charge is 2.13. The average Bonchev–Trinajstić information content (AvgIpc) is 2.40. The van der Waals surface area contributed by atoms with Gasteiger partial charge in [0.15, 0.2) is 0 Å². The molecule has 2 N–H and O–H groups in total. The summed E-state index contributed by atoms with van der Waals surface area (Å²) in [6.07, 6.45) is 2.04. The van der Waals surface area contributed by atoms with Crippen LogP contribution in [0.2, 0.25) is 0 Å². The number of rotatable bonds is 4. The van der Waals surface area contributed by atoms with Gasteiger partial charge in [0.05, 0.1) is 0 Å². The fourth-order valence-corrected chi connectivity index (χ4v) is 3.35. The Morgan fingerprint density at radius 2 is 2.06 bits per heavy atom. The molecule has 0 aliphatic carbocycles. The average molecular weight is 264 g/mol. The Kier molecular flexibility index (Phi) is 4.95. The lowest BCUT2D eigenvalue weighted by molar-refractivity contribution is 0.646. The maximum Gasteiger partial charge on any atom is 0.0396 e. The molecule has 1 aliphatic rings. The minimum absolute atomic E-state index is 0.293. The predicted molar refractivity (Wildman–Crippen MR) is 82.7 cm³/mol. The van der Waals surface area contributed by atoms with Crippen LogP contribution in [0.4, 0.5) is 5.69 Å². The monoisotopic (exact) mass is 264 g/mol. The van der Waals surface area contributed by atoms with Gasteiger partial charge in [-0.2, -0.15) is 11.8 Å². The highest BCUT2D eigenvalue weighted by Crippen LogP contribution is 2.24. The molecule has 1 heterocycles. The Bertz CT molecular complexity index is 386. The third-order valence-electron chi connectivity index (χ3n) is 3.64. The molecule has 0 amide bonds. The van der Waals surface area contributed by atoms with Crippen LogP contribution in [-0.2, 0) is 6.42 Å². The van der Waals surface area contributed by atoms with Crippen LogP contribution in [0.3, 0.4) is 0 Å². The fourth-order valence-electron chi connectivity index (χ4n) is 2.45. The number of nitrogens with two attached hydrogens (primary N) is 1. The Labute approximate surface area is 115 Å². The summed E-state index contributed by atoms with van der Waals surface area (Å²) in [5, 5.41) is 0. The maximum absolute atomic E-state index is 6.02. The number of benzene rings is 1. The minimum atomic E-state index is 0.293. The Balaban J connectivity index is 2.09. The van der Waals surface area contributed by atoms with Crippen molar-refractivity contribution in [1.29, 1.82) is 0 Å². The molecular formula is C15H24N2S. The second kappa shape index (κ2) is 6.48. The molecule has 2 rings (SSSR count). The first-order chi connectivity index (χ1) is 8.70. The van der Waals surface area contributed by atoms with Crippen LogP contribution in [0.5, 0.6) is 0 Å². The predicted octanol–water partition coefficient (Wildman–Crippen LogP) is 2.83. The van der Waals surface area contributed by atoms with Gasteiger partial charge in [0.2, 0.25) is 0 Å². The molecule has 1 saturated heterocycles. The summed E-state index contributed by atoms with van der Waals surface area (Å²) in [5.74, 6) is 2.50. The summed E-state index contributed by atoms with van der Waals surface area (Å²) in [6.45, 7) is 6.73. The van der Waals surface area contributed by atoms with Crippen molar-refractivity contribution in [2.45, 2.75) is 32.7 Å². The lowest BCUT2D eigenvalue weighted by Gasteiger charge is -2.30. The van der Waals surface area contributed by atoms with Gasteiger partial charge in [0.25, 0.3) is 0 Å². The first-order valence-electron chi connectivity index (χ1n) is 6.88. The zero-order valence-electron chi connectivity index (χ0n) is 11.5. The van der Waals surface area contributed by atoms with E-state index >= 15 is 0 Å². The van der Waals surface area contributed by atoms with Crippen molar-refractivity contribution in [3.8, 4) is 0 Å². The van der Waals surface area contributed by atoms with Crippen molar-refractivity contribution in [2.24, 2.45) is 5.73 Å². The number of anilines is 1. The van der Waals surface area contributed by atoms with Crippen molar-refractivity contribution in [1.82, 2.24) is 0 Å². The van der Waals surface area contributed by atoms with E-state index in [0.717, 1.165) is 12.8 Å². The summed E-state index contributed by atoms with van der Waals surface area (Å²) < 4.78 is 0. The molecule has 1 atom stereocenters. The molecule has 1 aliphatic heterocycles. The lowest BCUT2D eigenvalue weighted by atomic mass is 10.0. The van der Waals surface area contributed by atoms with Gasteiger partial charge >= 0.3 is 0 Å². The molecule has 100 valence electrons. The molecule has 1 fully saturated rings. The standard InChI is InChI=1S/C15H24N2S/c1-3-14(16)11-13-4-5-15(12(2)10-13)17-6-8-18-9-7-17/h4-5,10,14H,3,6-9,11,16H2,1-2H3. The van der Waals surface area contributed by atoms with Crippen molar-refractivity contribution >= 4 is 17.4 Å². The second-order valence-corrected chi connectivity index (χ2v) is 6.32. The van der Waals surface area contributed by atoms with Crippen molar-refractivity contribution in [2.75, 3.05) is 29.5 Å². The Morgan fingerprint density at radius 3 is 2.67 bits per heavy atom. The van der Waals surface area contributed by atoms with E-state index in [4.69, 9.17) is 5.73 Å². The van der Waals surface area contributed by atoms with E-state index in [-0.39, 0.29) is 0 Å². The van der Waals surface area contributed by atoms with Crippen molar-refractivity contribution in [3.05, 3.63) is 29.3 Å². The molecule has 2 nitrogen and oxygen atoms in total. The van der Waals surface area contributed by atoms with Crippen molar-refractivity contribution in [3.63, 3.8) is 0 Å². The molecule has 0 radical (unpaired) electrons. The molecular weight excluding hydrogens is 240 g/mol. The quantitative estimate of drug-likeness (QED) is 0.907. The fraction of sp³-hybridized carbons (Fsp3) is 0.600. The summed E-state index contributed by atoms with van der Waals surface area (Å²) in [5.41, 5.74) is 10.2. The topological polar surface area (TPSA) is 29.3 Å². The molecule has 1 aromatic carbocycles. The summed E-state index contributed by atoms with van der Waals surface area (Å²) in [6, 6.07) is 7.14. The second-order valence-electron chi connectivity index (χ2n) is 5.09. The normalized spacial score (nSPS) is 17.8.